The SMILES string of the molecule is CCN1CC[C@@]2(CCC1=O)CN(Cc1cncn1CC(C)C)CCN2C. The molecule has 1 aromatic rings. The first kappa shape index (κ1) is 19.4. The average Bonchev–Trinajstić information content (AvgIpc) is 2.95. The summed E-state index contributed by atoms with van der Waals surface area (Å²) in [5.74, 6) is 0.944. The Balaban J connectivity index is 1.70. The predicted octanol–water partition coefficient (Wildman–Crippen LogP) is 2.06. The van der Waals surface area contributed by atoms with Gasteiger partial charge in [0.25, 0.3) is 0 Å². The largest absolute Gasteiger partial charge is 0.343 e. The van der Waals surface area contributed by atoms with Gasteiger partial charge in [-0.15, -0.1) is 0 Å². The lowest BCUT2D eigenvalue weighted by Gasteiger charge is -2.49. The molecule has 0 saturated carbocycles. The van der Waals surface area contributed by atoms with Crippen molar-refractivity contribution in [1.82, 2.24) is 24.3 Å². The molecule has 0 aromatic carbocycles. The van der Waals surface area contributed by atoms with Crippen LogP contribution in [0.2, 0.25) is 0 Å². The van der Waals surface area contributed by atoms with Crippen LogP contribution in [0.1, 0.15) is 45.7 Å². The summed E-state index contributed by atoms with van der Waals surface area (Å²) in [5.41, 5.74) is 1.43. The van der Waals surface area contributed by atoms with Crippen molar-refractivity contribution in [3.8, 4) is 0 Å². The van der Waals surface area contributed by atoms with Gasteiger partial charge < -0.3 is 9.47 Å². The quantitative estimate of drug-likeness (QED) is 0.805. The highest BCUT2D eigenvalue weighted by atomic mass is 16.2. The Bertz CT molecular complexity index is 613. The molecule has 146 valence electrons. The smallest absolute Gasteiger partial charge is 0.222 e. The summed E-state index contributed by atoms with van der Waals surface area (Å²) < 4.78 is 2.30. The van der Waals surface area contributed by atoms with Crippen molar-refractivity contribution >= 4 is 5.91 Å². The minimum absolute atomic E-state index is 0.126. The summed E-state index contributed by atoms with van der Waals surface area (Å²) >= 11 is 0. The van der Waals surface area contributed by atoms with Crippen LogP contribution in [0.4, 0.5) is 0 Å². The van der Waals surface area contributed by atoms with Gasteiger partial charge in [0.2, 0.25) is 5.91 Å². The summed E-state index contributed by atoms with van der Waals surface area (Å²) in [6.07, 6.45) is 6.70. The Morgan fingerprint density at radius 2 is 2.04 bits per heavy atom. The molecular formula is C20H35N5O. The van der Waals surface area contributed by atoms with E-state index in [0.717, 1.165) is 58.7 Å². The fraction of sp³-hybridized carbons (Fsp3) is 0.800. The third-order valence-corrected chi connectivity index (χ3v) is 6.21. The van der Waals surface area contributed by atoms with Gasteiger partial charge in [-0.2, -0.15) is 0 Å². The number of imidazole rings is 1. The number of hydrogen-bond acceptors (Lipinski definition) is 4. The highest BCUT2D eigenvalue weighted by Gasteiger charge is 2.42. The van der Waals surface area contributed by atoms with Crippen LogP contribution < -0.4 is 0 Å². The van der Waals surface area contributed by atoms with Gasteiger partial charge in [0.1, 0.15) is 0 Å². The predicted molar refractivity (Wildman–Crippen MR) is 104 cm³/mol. The minimum atomic E-state index is 0.126. The second kappa shape index (κ2) is 8.09. The van der Waals surface area contributed by atoms with Crippen molar-refractivity contribution in [2.45, 2.75) is 58.7 Å². The molecule has 1 aromatic heterocycles. The number of likely N-dealkylation sites (tertiary alicyclic amines) is 1. The van der Waals surface area contributed by atoms with E-state index in [2.05, 4.69) is 47.2 Å². The highest BCUT2D eigenvalue weighted by Crippen LogP contribution is 2.32. The van der Waals surface area contributed by atoms with Crippen LogP contribution in [0.3, 0.4) is 0 Å². The van der Waals surface area contributed by atoms with E-state index in [-0.39, 0.29) is 5.54 Å². The first-order chi connectivity index (χ1) is 12.4. The number of carbonyl (C=O) groups excluding carboxylic acids is 1. The van der Waals surface area contributed by atoms with Crippen LogP contribution >= 0.6 is 0 Å². The van der Waals surface area contributed by atoms with E-state index < -0.39 is 0 Å². The molecule has 6 heteroatoms. The molecule has 0 unspecified atom stereocenters. The Morgan fingerprint density at radius 3 is 2.77 bits per heavy atom. The van der Waals surface area contributed by atoms with Crippen molar-refractivity contribution in [3.05, 3.63) is 18.2 Å². The Morgan fingerprint density at radius 1 is 1.23 bits per heavy atom. The van der Waals surface area contributed by atoms with Crippen molar-refractivity contribution in [2.75, 3.05) is 39.8 Å². The first-order valence-electron chi connectivity index (χ1n) is 10.1. The van der Waals surface area contributed by atoms with E-state index in [1.54, 1.807) is 0 Å². The second-order valence-electron chi connectivity index (χ2n) is 8.51. The number of amides is 1. The second-order valence-corrected chi connectivity index (χ2v) is 8.51. The third-order valence-electron chi connectivity index (χ3n) is 6.21. The fourth-order valence-corrected chi connectivity index (χ4v) is 4.51. The number of likely N-dealkylation sites (N-methyl/N-ethyl adjacent to an activating group) is 1. The normalized spacial score (nSPS) is 26.0. The molecule has 1 amide bonds. The van der Waals surface area contributed by atoms with Crippen molar-refractivity contribution in [2.24, 2.45) is 5.92 Å². The van der Waals surface area contributed by atoms with Crippen LogP contribution in [0.25, 0.3) is 0 Å². The van der Waals surface area contributed by atoms with Gasteiger partial charge in [0.05, 0.1) is 12.0 Å². The summed E-state index contributed by atoms with van der Waals surface area (Å²) in [6.45, 7) is 13.5. The first-order valence-corrected chi connectivity index (χ1v) is 10.1. The lowest BCUT2D eigenvalue weighted by atomic mass is 9.86. The Kier molecular flexibility index (Phi) is 6.03. The monoisotopic (exact) mass is 361 g/mol. The molecule has 2 saturated heterocycles. The van der Waals surface area contributed by atoms with Crippen LogP contribution in [0.5, 0.6) is 0 Å². The average molecular weight is 362 g/mol. The lowest BCUT2D eigenvalue weighted by Crippen LogP contribution is -2.60. The molecule has 2 aliphatic heterocycles. The molecule has 3 heterocycles. The number of rotatable bonds is 5. The summed E-state index contributed by atoms with van der Waals surface area (Å²) in [4.78, 5) is 23.8. The minimum Gasteiger partial charge on any atom is -0.343 e. The number of carbonyl (C=O) groups is 1. The molecule has 1 spiro atoms. The molecule has 0 bridgehead atoms. The van der Waals surface area contributed by atoms with Gasteiger partial charge in [0, 0.05) is 64.0 Å². The summed E-state index contributed by atoms with van der Waals surface area (Å²) in [6, 6.07) is 0. The van der Waals surface area contributed by atoms with E-state index in [0.29, 0.717) is 18.2 Å². The summed E-state index contributed by atoms with van der Waals surface area (Å²) in [5, 5.41) is 0. The van der Waals surface area contributed by atoms with E-state index in [1.165, 1.54) is 5.69 Å². The van der Waals surface area contributed by atoms with Crippen LogP contribution in [0.15, 0.2) is 12.5 Å². The molecule has 3 rings (SSSR count). The van der Waals surface area contributed by atoms with Crippen molar-refractivity contribution in [3.63, 3.8) is 0 Å². The number of hydrogen-bond donors (Lipinski definition) is 0. The molecule has 2 fully saturated rings. The Hall–Kier alpha value is -1.40. The van der Waals surface area contributed by atoms with Crippen LogP contribution in [-0.4, -0.2) is 75.5 Å². The van der Waals surface area contributed by atoms with E-state index in [4.69, 9.17) is 0 Å². The molecule has 1 atom stereocenters. The van der Waals surface area contributed by atoms with Gasteiger partial charge >= 0.3 is 0 Å². The summed E-state index contributed by atoms with van der Waals surface area (Å²) in [7, 11) is 2.24. The standard InChI is InChI=1S/C20H35N5O/c1-5-24-9-8-20(7-6-19(24)26)15-23(11-10-22(20)4)14-18-12-21-16-25(18)13-17(2)3/h12,16-17H,5-11,13-15H2,1-4H3/t20-/m0/s1. The van der Waals surface area contributed by atoms with Gasteiger partial charge in [0.15, 0.2) is 0 Å². The van der Waals surface area contributed by atoms with Gasteiger partial charge in [-0.3, -0.25) is 14.6 Å². The van der Waals surface area contributed by atoms with Crippen molar-refractivity contribution < 1.29 is 4.79 Å². The third kappa shape index (κ3) is 4.12. The molecule has 0 aliphatic carbocycles. The maximum absolute atomic E-state index is 12.3. The number of nitrogens with zero attached hydrogens (tertiary/aromatic N) is 5. The van der Waals surface area contributed by atoms with E-state index >= 15 is 0 Å². The zero-order valence-corrected chi connectivity index (χ0v) is 16.9. The maximum atomic E-state index is 12.3. The lowest BCUT2D eigenvalue weighted by molar-refractivity contribution is -0.130. The van der Waals surface area contributed by atoms with Gasteiger partial charge in [-0.1, -0.05) is 13.8 Å². The van der Waals surface area contributed by atoms with Crippen LogP contribution in [-0.2, 0) is 17.9 Å². The zero-order valence-electron chi connectivity index (χ0n) is 16.9. The fourth-order valence-electron chi connectivity index (χ4n) is 4.51. The number of aromatic nitrogens is 2. The molecular weight excluding hydrogens is 326 g/mol. The van der Waals surface area contributed by atoms with Crippen molar-refractivity contribution in [1.29, 1.82) is 0 Å². The highest BCUT2D eigenvalue weighted by molar-refractivity contribution is 5.76. The van der Waals surface area contributed by atoms with Gasteiger partial charge in [-0.25, -0.2) is 4.98 Å². The molecule has 26 heavy (non-hydrogen) atoms. The molecule has 0 radical (unpaired) electrons. The van der Waals surface area contributed by atoms with Gasteiger partial charge in [-0.05, 0) is 32.7 Å². The molecule has 0 N–H and O–H groups in total. The van der Waals surface area contributed by atoms with E-state index in [9.17, 15) is 4.79 Å². The maximum Gasteiger partial charge on any atom is 0.222 e. The molecule has 6 nitrogen and oxygen atoms in total. The zero-order chi connectivity index (χ0) is 18.7. The van der Waals surface area contributed by atoms with E-state index in [1.807, 2.05) is 17.4 Å². The molecule has 2 aliphatic rings. The Labute approximate surface area is 158 Å². The topological polar surface area (TPSA) is 44.6 Å². The van der Waals surface area contributed by atoms with Crippen LogP contribution in [0, 0.1) is 5.92 Å². The number of piperazine rings is 1.